The van der Waals surface area contributed by atoms with Gasteiger partial charge in [-0.15, -0.1) is 12.4 Å². The van der Waals surface area contributed by atoms with Crippen molar-refractivity contribution in [2.45, 2.75) is 25.4 Å². The van der Waals surface area contributed by atoms with E-state index in [1.165, 1.54) is 11.3 Å². The maximum Gasteiger partial charge on any atom is 0.320 e. The number of anilines is 1. The van der Waals surface area contributed by atoms with Crippen LogP contribution >= 0.6 is 23.7 Å². The van der Waals surface area contributed by atoms with Gasteiger partial charge in [-0.2, -0.15) is 0 Å². The van der Waals surface area contributed by atoms with Crippen molar-refractivity contribution in [3.8, 4) is 0 Å². The summed E-state index contributed by atoms with van der Waals surface area (Å²) in [7, 11) is 1.57. The lowest BCUT2D eigenvalue weighted by Gasteiger charge is -2.41. The number of thiazole rings is 1. The molecule has 2 aliphatic heterocycles. The molecule has 1 aromatic heterocycles. The van der Waals surface area contributed by atoms with Gasteiger partial charge in [-0.1, -0.05) is 11.3 Å². The number of halogens is 1. The van der Waals surface area contributed by atoms with E-state index in [0.29, 0.717) is 11.7 Å². The molecule has 1 aromatic rings. The molecule has 3 amide bonds. The van der Waals surface area contributed by atoms with Crippen molar-refractivity contribution < 1.29 is 9.59 Å². The summed E-state index contributed by atoms with van der Waals surface area (Å²) in [6.45, 7) is 2.99. The van der Waals surface area contributed by atoms with E-state index in [9.17, 15) is 9.59 Å². The molecule has 116 valence electrons. The zero-order valence-corrected chi connectivity index (χ0v) is 13.4. The average Bonchev–Trinajstić information content (AvgIpc) is 2.80. The van der Waals surface area contributed by atoms with E-state index in [4.69, 9.17) is 0 Å². The van der Waals surface area contributed by atoms with Gasteiger partial charge in [-0.05, 0) is 0 Å². The van der Waals surface area contributed by atoms with Crippen LogP contribution in [0.3, 0.4) is 0 Å². The number of carbonyl (C=O) groups is 2. The molecule has 0 saturated carbocycles. The van der Waals surface area contributed by atoms with Gasteiger partial charge in [-0.25, -0.2) is 9.78 Å². The van der Waals surface area contributed by atoms with Gasteiger partial charge in [0.05, 0.1) is 11.7 Å². The summed E-state index contributed by atoms with van der Waals surface area (Å²) in [4.78, 5) is 30.4. The summed E-state index contributed by atoms with van der Waals surface area (Å²) in [6, 6.07) is 0.108. The van der Waals surface area contributed by atoms with Crippen LogP contribution in [0.2, 0.25) is 0 Å². The molecule has 9 heteroatoms. The Bertz CT molecular complexity index is 564. The number of amides is 3. The molecule has 2 bridgehead atoms. The van der Waals surface area contributed by atoms with Gasteiger partial charge in [0.1, 0.15) is 0 Å². The largest absolute Gasteiger partial charge is 0.341 e. The van der Waals surface area contributed by atoms with Crippen molar-refractivity contribution in [1.29, 1.82) is 0 Å². The number of fused-ring (bicyclic) bond motifs is 4. The highest BCUT2D eigenvalue weighted by molar-refractivity contribution is 7.16. The second-order valence-corrected chi connectivity index (χ2v) is 6.11. The third-order valence-corrected chi connectivity index (χ3v) is 4.78. The zero-order chi connectivity index (χ0) is 14.3. The summed E-state index contributed by atoms with van der Waals surface area (Å²) >= 11 is 1.48. The van der Waals surface area contributed by atoms with E-state index in [2.05, 4.69) is 20.9 Å². The quantitative estimate of drug-likeness (QED) is 0.708. The first kappa shape index (κ1) is 16.0. The highest BCUT2D eigenvalue weighted by Crippen LogP contribution is 2.35. The van der Waals surface area contributed by atoms with Gasteiger partial charge in [0.2, 0.25) is 5.91 Å². The number of aromatic nitrogens is 1. The molecular formula is C12H18ClN5O2S. The summed E-state index contributed by atoms with van der Waals surface area (Å²) in [5.41, 5.74) is 1.04. The summed E-state index contributed by atoms with van der Waals surface area (Å²) in [6.07, 6.45) is 0.793. The normalized spacial score (nSPS) is 22.9. The Hall–Kier alpha value is -1.38. The van der Waals surface area contributed by atoms with Crippen molar-refractivity contribution in [3.63, 3.8) is 0 Å². The van der Waals surface area contributed by atoms with Gasteiger partial charge in [-0.3, -0.25) is 10.1 Å². The van der Waals surface area contributed by atoms with E-state index in [1.807, 2.05) is 4.90 Å². The Morgan fingerprint density at radius 2 is 2.19 bits per heavy atom. The molecular weight excluding hydrogens is 314 g/mol. The molecule has 2 atom stereocenters. The van der Waals surface area contributed by atoms with Crippen LogP contribution in [0.4, 0.5) is 9.93 Å². The molecule has 1 saturated heterocycles. The first-order chi connectivity index (χ1) is 9.56. The number of hydrogen-bond donors (Lipinski definition) is 3. The Kier molecular flexibility index (Phi) is 4.70. The zero-order valence-electron chi connectivity index (χ0n) is 11.8. The average molecular weight is 332 g/mol. The van der Waals surface area contributed by atoms with Crippen LogP contribution in [-0.2, 0) is 11.2 Å². The molecule has 3 N–H and O–H groups in total. The Morgan fingerprint density at radius 3 is 2.86 bits per heavy atom. The van der Waals surface area contributed by atoms with E-state index in [1.54, 1.807) is 14.0 Å². The standard InChI is InChI=1S/C12H17N5O2S.ClH/c1-6(18)17-4-7-3-8-10(9(5-17)14-7)20-12(15-8)16-11(19)13-2;/h7,9,14H,3-5H2,1-2H3,(H2,13,15,16,19);1H/t7-,9-;/m1./s1. The van der Waals surface area contributed by atoms with E-state index in [0.717, 1.165) is 23.5 Å². The second kappa shape index (κ2) is 6.17. The van der Waals surface area contributed by atoms with Crippen LogP contribution in [-0.4, -0.2) is 48.0 Å². The highest BCUT2D eigenvalue weighted by atomic mass is 35.5. The minimum atomic E-state index is -0.266. The maximum absolute atomic E-state index is 11.6. The van der Waals surface area contributed by atoms with Crippen LogP contribution in [0.15, 0.2) is 0 Å². The van der Waals surface area contributed by atoms with E-state index < -0.39 is 0 Å². The van der Waals surface area contributed by atoms with Gasteiger partial charge in [0.15, 0.2) is 5.13 Å². The Balaban J connectivity index is 0.00000161. The predicted octanol–water partition coefficient (Wildman–Crippen LogP) is 0.734. The molecule has 7 nitrogen and oxygen atoms in total. The SMILES string of the molecule is CNC(=O)Nc1nc2c(s1)[C@H]1CN(C(C)=O)C[C@@H](C2)N1.Cl. The van der Waals surface area contributed by atoms with Crippen molar-refractivity contribution >= 4 is 40.8 Å². The third kappa shape index (κ3) is 3.12. The second-order valence-electron chi connectivity index (χ2n) is 5.08. The number of hydrogen-bond acceptors (Lipinski definition) is 5. The lowest BCUT2D eigenvalue weighted by Crippen LogP contribution is -2.56. The van der Waals surface area contributed by atoms with Crippen LogP contribution in [0.5, 0.6) is 0 Å². The van der Waals surface area contributed by atoms with E-state index >= 15 is 0 Å². The molecule has 3 rings (SSSR count). The Morgan fingerprint density at radius 1 is 1.43 bits per heavy atom. The van der Waals surface area contributed by atoms with Gasteiger partial charge in [0, 0.05) is 44.4 Å². The lowest BCUT2D eigenvalue weighted by atomic mass is 9.96. The van der Waals surface area contributed by atoms with Crippen molar-refractivity contribution in [3.05, 3.63) is 10.6 Å². The lowest BCUT2D eigenvalue weighted by molar-refractivity contribution is -0.130. The molecule has 21 heavy (non-hydrogen) atoms. The fourth-order valence-electron chi connectivity index (χ4n) is 2.72. The monoisotopic (exact) mass is 331 g/mol. The van der Waals surface area contributed by atoms with Crippen molar-refractivity contribution in [1.82, 2.24) is 20.5 Å². The molecule has 0 aromatic carbocycles. The summed E-state index contributed by atoms with van der Waals surface area (Å²) < 4.78 is 0. The fourth-order valence-corrected chi connectivity index (χ4v) is 3.76. The number of nitrogens with one attached hydrogen (secondary N) is 3. The van der Waals surface area contributed by atoms with Crippen molar-refractivity contribution in [2.75, 3.05) is 25.5 Å². The van der Waals surface area contributed by atoms with Crippen LogP contribution in [0, 0.1) is 0 Å². The topological polar surface area (TPSA) is 86.4 Å². The van der Waals surface area contributed by atoms with Gasteiger partial charge < -0.3 is 15.5 Å². The van der Waals surface area contributed by atoms with Crippen LogP contribution < -0.4 is 16.0 Å². The molecule has 0 unspecified atom stereocenters. The number of rotatable bonds is 1. The molecule has 0 spiro atoms. The maximum atomic E-state index is 11.6. The Labute approximate surface area is 132 Å². The minimum Gasteiger partial charge on any atom is -0.341 e. The van der Waals surface area contributed by atoms with Gasteiger partial charge >= 0.3 is 6.03 Å². The minimum absolute atomic E-state index is 0. The molecule has 2 aliphatic rings. The van der Waals surface area contributed by atoms with Crippen LogP contribution in [0.25, 0.3) is 0 Å². The molecule has 3 heterocycles. The molecule has 0 aliphatic carbocycles. The highest BCUT2D eigenvalue weighted by Gasteiger charge is 2.36. The first-order valence-electron chi connectivity index (χ1n) is 6.56. The number of carbonyl (C=O) groups excluding carboxylic acids is 2. The number of piperazine rings is 1. The van der Waals surface area contributed by atoms with Crippen molar-refractivity contribution in [2.24, 2.45) is 0 Å². The summed E-state index contributed by atoms with van der Waals surface area (Å²) in [5.74, 6) is 0.109. The predicted molar refractivity (Wildman–Crippen MR) is 83.1 cm³/mol. The smallest absolute Gasteiger partial charge is 0.320 e. The van der Waals surface area contributed by atoms with E-state index in [-0.39, 0.29) is 36.4 Å². The summed E-state index contributed by atoms with van der Waals surface area (Å²) in [5, 5.41) is 9.35. The van der Waals surface area contributed by atoms with Crippen LogP contribution in [0.1, 0.15) is 23.5 Å². The number of nitrogens with zero attached hydrogens (tertiary/aromatic N) is 2. The third-order valence-electron chi connectivity index (χ3n) is 3.66. The number of urea groups is 1. The van der Waals surface area contributed by atoms with Gasteiger partial charge in [0.25, 0.3) is 0 Å². The molecule has 0 radical (unpaired) electrons. The molecule has 1 fully saturated rings. The fraction of sp³-hybridized carbons (Fsp3) is 0.583. The first-order valence-corrected chi connectivity index (χ1v) is 7.38.